The van der Waals surface area contributed by atoms with Crippen molar-refractivity contribution in [2.24, 2.45) is 34.5 Å². The Morgan fingerprint density at radius 3 is 2.67 bits per heavy atom. The summed E-state index contributed by atoms with van der Waals surface area (Å²) in [5.74, 6) is 2.60. The topological polar surface area (TPSA) is 53.0 Å². The van der Waals surface area contributed by atoms with Crippen molar-refractivity contribution < 1.29 is 14.9 Å². The van der Waals surface area contributed by atoms with Crippen molar-refractivity contribution in [2.45, 2.75) is 77.1 Å². The lowest BCUT2D eigenvalue weighted by atomic mass is 9.47. The van der Waals surface area contributed by atoms with Crippen LogP contribution >= 0.6 is 0 Å². The van der Waals surface area contributed by atoms with Gasteiger partial charge in [-0.05, 0) is 79.4 Å². The van der Waals surface area contributed by atoms with E-state index in [4.69, 9.17) is 4.74 Å². The standard InChI is InChI=1S/C21H32O3/c1-20-7-5-13(22)9-12(20)3-4-14-16(20)6-8-21(2)18(23)10-15(19(14)21)17-11-24-17/h3,13-19,22-23H,4-11H2,1-2H3/t13?,14-,15?,16-,17?,18?,19-,20+,21-/m1/s1. The normalized spacial score (nSPS) is 59.2. The first-order chi connectivity index (χ1) is 11.4. The van der Waals surface area contributed by atoms with Crippen LogP contribution in [0.25, 0.3) is 0 Å². The fourth-order valence-electron chi connectivity index (χ4n) is 7.48. The molecule has 5 rings (SSSR count). The molecular formula is C21H32O3. The Balaban J connectivity index is 1.52. The second-order valence-electron chi connectivity index (χ2n) is 9.91. The molecule has 2 N–H and O–H groups in total. The van der Waals surface area contributed by atoms with E-state index in [0.29, 0.717) is 23.9 Å². The van der Waals surface area contributed by atoms with Crippen LogP contribution in [0, 0.1) is 34.5 Å². The number of fused-ring (bicyclic) bond motifs is 5. The van der Waals surface area contributed by atoms with E-state index in [9.17, 15) is 10.2 Å². The number of rotatable bonds is 1. The van der Waals surface area contributed by atoms with Crippen molar-refractivity contribution in [3.05, 3.63) is 11.6 Å². The average Bonchev–Trinajstić information content (AvgIpc) is 3.34. The van der Waals surface area contributed by atoms with E-state index in [1.165, 1.54) is 12.0 Å². The third kappa shape index (κ3) is 2.01. The maximum Gasteiger partial charge on any atom is 0.0841 e. The van der Waals surface area contributed by atoms with Crippen LogP contribution < -0.4 is 0 Å². The summed E-state index contributed by atoms with van der Waals surface area (Å²) in [4.78, 5) is 0. The quantitative estimate of drug-likeness (QED) is 0.572. The fourth-order valence-corrected chi connectivity index (χ4v) is 7.48. The van der Waals surface area contributed by atoms with Crippen LogP contribution in [-0.4, -0.2) is 35.1 Å². The summed E-state index contributed by atoms with van der Waals surface area (Å²) >= 11 is 0. The van der Waals surface area contributed by atoms with E-state index in [1.54, 1.807) is 0 Å². The van der Waals surface area contributed by atoms with Crippen molar-refractivity contribution in [1.29, 1.82) is 0 Å². The van der Waals surface area contributed by atoms with Crippen molar-refractivity contribution in [2.75, 3.05) is 6.61 Å². The predicted molar refractivity (Wildman–Crippen MR) is 92.3 cm³/mol. The molecular weight excluding hydrogens is 300 g/mol. The second-order valence-corrected chi connectivity index (χ2v) is 9.91. The van der Waals surface area contributed by atoms with Gasteiger partial charge >= 0.3 is 0 Å². The van der Waals surface area contributed by atoms with Gasteiger partial charge in [0.05, 0.1) is 24.9 Å². The van der Waals surface area contributed by atoms with Gasteiger partial charge in [0.15, 0.2) is 0 Å². The van der Waals surface area contributed by atoms with Gasteiger partial charge in [-0.2, -0.15) is 0 Å². The first-order valence-corrected chi connectivity index (χ1v) is 10.1. The molecule has 1 saturated heterocycles. The lowest BCUT2D eigenvalue weighted by Crippen LogP contribution is -2.52. The molecule has 4 unspecified atom stereocenters. The molecule has 3 heteroatoms. The molecule has 5 aliphatic rings. The Morgan fingerprint density at radius 2 is 1.92 bits per heavy atom. The van der Waals surface area contributed by atoms with Gasteiger partial charge in [0.1, 0.15) is 0 Å². The minimum Gasteiger partial charge on any atom is -0.393 e. The molecule has 4 aliphatic carbocycles. The van der Waals surface area contributed by atoms with E-state index in [0.717, 1.165) is 51.0 Å². The maximum absolute atomic E-state index is 10.8. The van der Waals surface area contributed by atoms with Gasteiger partial charge in [-0.1, -0.05) is 25.5 Å². The predicted octanol–water partition coefficient (Wildman–Crippen LogP) is 3.30. The highest BCUT2D eigenvalue weighted by atomic mass is 16.6. The summed E-state index contributed by atoms with van der Waals surface area (Å²) < 4.78 is 5.70. The number of allylic oxidation sites excluding steroid dienone is 1. The zero-order valence-corrected chi connectivity index (χ0v) is 15.1. The van der Waals surface area contributed by atoms with Gasteiger partial charge in [0.2, 0.25) is 0 Å². The number of hydrogen-bond acceptors (Lipinski definition) is 3. The molecule has 4 fully saturated rings. The minimum absolute atomic E-state index is 0.0909. The van der Waals surface area contributed by atoms with E-state index >= 15 is 0 Å². The van der Waals surface area contributed by atoms with Gasteiger partial charge in [-0.15, -0.1) is 0 Å². The minimum atomic E-state index is -0.149. The van der Waals surface area contributed by atoms with Gasteiger partial charge in [0, 0.05) is 0 Å². The summed E-state index contributed by atoms with van der Waals surface area (Å²) in [7, 11) is 0. The lowest BCUT2D eigenvalue weighted by Gasteiger charge is -2.58. The highest BCUT2D eigenvalue weighted by molar-refractivity contribution is 5.26. The van der Waals surface area contributed by atoms with Crippen LogP contribution in [0.5, 0.6) is 0 Å². The largest absolute Gasteiger partial charge is 0.393 e. The second kappa shape index (κ2) is 5.08. The Kier molecular flexibility index (Phi) is 3.35. The summed E-state index contributed by atoms with van der Waals surface area (Å²) in [6.07, 6.45) is 10.1. The fraction of sp³-hybridized carbons (Fsp3) is 0.905. The average molecular weight is 332 g/mol. The molecule has 24 heavy (non-hydrogen) atoms. The molecule has 0 aromatic rings. The maximum atomic E-state index is 10.8. The number of epoxide rings is 1. The van der Waals surface area contributed by atoms with E-state index in [-0.39, 0.29) is 23.0 Å². The van der Waals surface area contributed by atoms with Crippen molar-refractivity contribution >= 4 is 0 Å². The Morgan fingerprint density at radius 1 is 1.12 bits per heavy atom. The molecule has 0 amide bonds. The molecule has 1 aliphatic heterocycles. The highest BCUT2D eigenvalue weighted by Crippen LogP contribution is 2.67. The van der Waals surface area contributed by atoms with Crippen molar-refractivity contribution in [3.63, 3.8) is 0 Å². The molecule has 0 aromatic carbocycles. The third-order valence-electron chi connectivity index (χ3n) is 8.93. The van der Waals surface area contributed by atoms with Gasteiger partial charge in [0.25, 0.3) is 0 Å². The highest BCUT2D eigenvalue weighted by Gasteiger charge is 2.63. The van der Waals surface area contributed by atoms with Crippen LogP contribution in [0.15, 0.2) is 11.6 Å². The number of ether oxygens (including phenoxy) is 1. The van der Waals surface area contributed by atoms with Crippen molar-refractivity contribution in [1.82, 2.24) is 0 Å². The molecule has 134 valence electrons. The smallest absolute Gasteiger partial charge is 0.0841 e. The van der Waals surface area contributed by atoms with Crippen LogP contribution in [0.1, 0.15) is 58.8 Å². The monoisotopic (exact) mass is 332 g/mol. The SMILES string of the molecule is C[C@]12CCC(O)CC1=CC[C@@H]1[C@H]2CC[C@]2(C)C(O)CC(C3CO3)[C@@H]12. The Bertz CT molecular complexity index is 567. The summed E-state index contributed by atoms with van der Waals surface area (Å²) in [5.41, 5.74) is 1.91. The number of aliphatic hydroxyl groups excluding tert-OH is 2. The van der Waals surface area contributed by atoms with Gasteiger partial charge in [-0.3, -0.25) is 0 Å². The molecule has 3 nitrogen and oxygen atoms in total. The third-order valence-corrected chi connectivity index (χ3v) is 8.93. The molecule has 0 bridgehead atoms. The first-order valence-electron chi connectivity index (χ1n) is 10.1. The van der Waals surface area contributed by atoms with Gasteiger partial charge < -0.3 is 14.9 Å². The zero-order chi connectivity index (χ0) is 16.7. The Labute approximate surface area is 145 Å². The van der Waals surface area contributed by atoms with E-state index in [2.05, 4.69) is 19.9 Å². The molecule has 1 heterocycles. The lowest BCUT2D eigenvalue weighted by molar-refractivity contribution is -0.0805. The van der Waals surface area contributed by atoms with Crippen molar-refractivity contribution in [3.8, 4) is 0 Å². The Hall–Kier alpha value is -0.380. The van der Waals surface area contributed by atoms with Crippen LogP contribution in [0.3, 0.4) is 0 Å². The summed E-state index contributed by atoms with van der Waals surface area (Å²) in [6, 6.07) is 0. The number of hydrogen-bond donors (Lipinski definition) is 2. The molecule has 9 atom stereocenters. The van der Waals surface area contributed by atoms with Crippen LogP contribution in [0.4, 0.5) is 0 Å². The zero-order valence-electron chi connectivity index (χ0n) is 15.1. The molecule has 0 radical (unpaired) electrons. The molecule has 3 saturated carbocycles. The molecule has 0 spiro atoms. The van der Waals surface area contributed by atoms with E-state index in [1.807, 2.05) is 0 Å². The molecule has 0 aromatic heterocycles. The first kappa shape index (κ1) is 15.8. The summed E-state index contributed by atoms with van der Waals surface area (Å²) in [5, 5.41) is 21.0. The van der Waals surface area contributed by atoms with Crippen LogP contribution in [-0.2, 0) is 4.74 Å². The van der Waals surface area contributed by atoms with E-state index < -0.39 is 0 Å². The van der Waals surface area contributed by atoms with Crippen LogP contribution in [0.2, 0.25) is 0 Å². The van der Waals surface area contributed by atoms with Gasteiger partial charge in [-0.25, -0.2) is 0 Å². The summed E-state index contributed by atoms with van der Waals surface area (Å²) in [6.45, 7) is 5.73. The number of aliphatic hydroxyl groups is 2.